The Morgan fingerprint density at radius 3 is 2.32 bits per heavy atom. The third kappa shape index (κ3) is 6.33. The summed E-state index contributed by atoms with van der Waals surface area (Å²) < 4.78 is 32.5. The molecule has 1 amide bonds. The lowest BCUT2D eigenvalue weighted by molar-refractivity contribution is -0.136. The zero-order valence-corrected chi connectivity index (χ0v) is 20.4. The number of hydrogen-bond donors (Lipinski definition) is 0. The number of sulfonamides is 1. The Kier molecular flexibility index (Phi) is 9.01. The van der Waals surface area contributed by atoms with Crippen molar-refractivity contribution in [2.24, 2.45) is 5.92 Å². The monoisotopic (exact) mass is 484 g/mol. The first-order valence-electron chi connectivity index (χ1n) is 11.6. The smallest absolute Gasteiger partial charge is 0.338 e. The first-order valence-corrected chi connectivity index (χ1v) is 13.0. The maximum absolute atomic E-state index is 13.2. The van der Waals surface area contributed by atoms with Crippen LogP contribution in [0.25, 0.3) is 0 Å². The lowest BCUT2D eigenvalue weighted by Crippen LogP contribution is -2.45. The summed E-state index contributed by atoms with van der Waals surface area (Å²) in [7, 11) is -3.70. The predicted octanol–water partition coefficient (Wildman–Crippen LogP) is 3.52. The summed E-state index contributed by atoms with van der Waals surface area (Å²) in [5.41, 5.74) is 1.47. The second kappa shape index (κ2) is 11.9. The van der Waals surface area contributed by atoms with Crippen molar-refractivity contribution >= 4 is 21.9 Å². The van der Waals surface area contributed by atoms with E-state index in [9.17, 15) is 18.0 Å². The largest absolute Gasteiger partial charge is 0.462 e. The van der Waals surface area contributed by atoms with E-state index in [1.165, 1.54) is 34.1 Å². The maximum Gasteiger partial charge on any atom is 0.338 e. The molecular formula is C26H32N2O5S. The van der Waals surface area contributed by atoms with Gasteiger partial charge < -0.3 is 9.64 Å². The van der Waals surface area contributed by atoms with E-state index in [0.717, 1.165) is 6.42 Å². The van der Waals surface area contributed by atoms with Crippen LogP contribution in [0.15, 0.2) is 72.1 Å². The molecule has 0 N–H and O–H groups in total. The fraction of sp³-hybridized carbons (Fsp3) is 0.385. The molecular weight excluding hydrogens is 452 g/mol. The maximum atomic E-state index is 13.2. The van der Waals surface area contributed by atoms with E-state index in [1.807, 2.05) is 35.2 Å². The molecule has 0 bridgehead atoms. The second-order valence-electron chi connectivity index (χ2n) is 8.23. The van der Waals surface area contributed by atoms with Gasteiger partial charge in [0.2, 0.25) is 15.9 Å². The molecule has 1 aliphatic rings. The number of hydrogen-bond acceptors (Lipinski definition) is 5. The number of nitrogens with zero attached hydrogens (tertiary/aromatic N) is 2. The van der Waals surface area contributed by atoms with E-state index in [4.69, 9.17) is 4.74 Å². The van der Waals surface area contributed by atoms with Gasteiger partial charge in [-0.25, -0.2) is 13.2 Å². The first kappa shape index (κ1) is 25.6. The van der Waals surface area contributed by atoms with Crippen LogP contribution in [0.4, 0.5) is 0 Å². The quantitative estimate of drug-likeness (QED) is 0.381. The number of benzene rings is 2. The highest BCUT2D eigenvalue weighted by Gasteiger charge is 2.33. The molecule has 0 unspecified atom stereocenters. The minimum atomic E-state index is -3.70. The molecule has 8 heteroatoms. The zero-order valence-electron chi connectivity index (χ0n) is 19.6. The van der Waals surface area contributed by atoms with Crippen LogP contribution in [0, 0.1) is 5.92 Å². The molecule has 0 aliphatic carbocycles. The fourth-order valence-electron chi connectivity index (χ4n) is 4.08. The molecule has 0 saturated carbocycles. The zero-order chi connectivity index (χ0) is 24.6. The number of esters is 1. The average molecular weight is 485 g/mol. The Morgan fingerprint density at radius 1 is 1.09 bits per heavy atom. The first-order chi connectivity index (χ1) is 16.4. The fourth-order valence-corrected chi connectivity index (χ4v) is 5.55. The van der Waals surface area contributed by atoms with Gasteiger partial charge in [0.15, 0.2) is 0 Å². The Hall–Kier alpha value is -2.97. The van der Waals surface area contributed by atoms with Gasteiger partial charge in [0.1, 0.15) is 0 Å². The van der Waals surface area contributed by atoms with E-state index in [0.29, 0.717) is 31.5 Å². The summed E-state index contributed by atoms with van der Waals surface area (Å²) in [6, 6.07) is 15.8. The Labute approximate surface area is 202 Å². The Balaban J connectivity index is 1.59. The molecule has 1 saturated heterocycles. The van der Waals surface area contributed by atoms with Gasteiger partial charge in [-0.15, -0.1) is 6.58 Å². The molecule has 0 spiro atoms. The summed E-state index contributed by atoms with van der Waals surface area (Å²) >= 11 is 0. The normalized spacial score (nSPS) is 15.0. The van der Waals surface area contributed by atoms with Crippen LogP contribution in [0.3, 0.4) is 0 Å². The van der Waals surface area contributed by atoms with Crippen LogP contribution in [0.2, 0.25) is 0 Å². The molecule has 182 valence electrons. The van der Waals surface area contributed by atoms with Crippen LogP contribution in [-0.2, 0) is 26.0 Å². The number of piperidine rings is 1. The summed E-state index contributed by atoms with van der Waals surface area (Å²) in [4.78, 5) is 26.9. The Bertz CT molecular complexity index is 1080. The van der Waals surface area contributed by atoms with Gasteiger partial charge >= 0.3 is 5.97 Å². The summed E-state index contributed by atoms with van der Waals surface area (Å²) in [5, 5.41) is 0. The highest BCUT2D eigenvalue weighted by atomic mass is 32.2. The molecule has 3 rings (SSSR count). The van der Waals surface area contributed by atoms with Crippen LogP contribution in [0.1, 0.15) is 35.7 Å². The molecule has 7 nitrogen and oxygen atoms in total. The molecule has 0 radical (unpaired) electrons. The average Bonchev–Trinajstić information content (AvgIpc) is 2.87. The summed E-state index contributed by atoms with van der Waals surface area (Å²) in [5.74, 6) is -0.651. The molecule has 1 aliphatic heterocycles. The lowest BCUT2D eigenvalue weighted by Gasteiger charge is -2.33. The number of rotatable bonds is 10. The van der Waals surface area contributed by atoms with Crippen LogP contribution < -0.4 is 0 Å². The van der Waals surface area contributed by atoms with E-state index in [1.54, 1.807) is 13.0 Å². The van der Waals surface area contributed by atoms with Gasteiger partial charge in [-0.1, -0.05) is 36.4 Å². The highest BCUT2D eigenvalue weighted by Crippen LogP contribution is 2.25. The van der Waals surface area contributed by atoms with Gasteiger partial charge in [0.05, 0.1) is 17.1 Å². The summed E-state index contributed by atoms with van der Waals surface area (Å²) in [6.45, 7) is 7.36. The van der Waals surface area contributed by atoms with Gasteiger partial charge in [-0.3, -0.25) is 4.79 Å². The lowest BCUT2D eigenvalue weighted by atomic mass is 9.96. The van der Waals surface area contributed by atoms with Crippen molar-refractivity contribution in [1.29, 1.82) is 0 Å². The van der Waals surface area contributed by atoms with E-state index in [2.05, 4.69) is 6.58 Å². The van der Waals surface area contributed by atoms with Crippen molar-refractivity contribution in [2.45, 2.75) is 31.1 Å². The third-order valence-electron chi connectivity index (χ3n) is 5.98. The molecule has 0 atom stereocenters. The molecule has 1 fully saturated rings. The molecule has 2 aromatic rings. The van der Waals surface area contributed by atoms with Crippen molar-refractivity contribution in [3.8, 4) is 0 Å². The minimum absolute atomic E-state index is 0.0478. The van der Waals surface area contributed by atoms with E-state index < -0.39 is 16.0 Å². The van der Waals surface area contributed by atoms with Crippen LogP contribution in [0.5, 0.6) is 0 Å². The molecule has 1 heterocycles. The van der Waals surface area contributed by atoms with Crippen molar-refractivity contribution in [3.05, 3.63) is 78.4 Å². The standard InChI is InChI=1S/C26H32N2O5S/c1-3-17-27(18-14-21-8-6-5-7-9-21)25(29)22-15-19-28(20-16-22)34(31,32)24-12-10-23(11-13-24)26(30)33-4-2/h3,5-13,22H,1,4,14-20H2,2H3. The SMILES string of the molecule is C=CCN(CCc1ccccc1)C(=O)C1CCN(S(=O)(=O)c2ccc(C(=O)OCC)cc2)CC1. The van der Waals surface area contributed by atoms with Gasteiger partial charge in [-0.2, -0.15) is 4.31 Å². The van der Waals surface area contributed by atoms with Crippen LogP contribution >= 0.6 is 0 Å². The molecule has 34 heavy (non-hydrogen) atoms. The van der Waals surface area contributed by atoms with Crippen molar-refractivity contribution < 1.29 is 22.7 Å². The number of amides is 1. The minimum Gasteiger partial charge on any atom is -0.462 e. The Morgan fingerprint density at radius 2 is 1.74 bits per heavy atom. The second-order valence-corrected chi connectivity index (χ2v) is 10.2. The number of carbonyl (C=O) groups is 2. The van der Waals surface area contributed by atoms with Gasteiger partial charge in [-0.05, 0) is 56.0 Å². The summed E-state index contributed by atoms with van der Waals surface area (Å²) in [6.07, 6.45) is 3.42. The third-order valence-corrected chi connectivity index (χ3v) is 7.89. The van der Waals surface area contributed by atoms with Crippen molar-refractivity contribution in [2.75, 3.05) is 32.8 Å². The number of ether oxygens (including phenoxy) is 1. The van der Waals surface area contributed by atoms with Gasteiger partial charge in [0.25, 0.3) is 0 Å². The molecule has 2 aromatic carbocycles. The van der Waals surface area contributed by atoms with Crippen molar-refractivity contribution in [3.63, 3.8) is 0 Å². The predicted molar refractivity (Wildman–Crippen MR) is 131 cm³/mol. The van der Waals surface area contributed by atoms with Crippen molar-refractivity contribution in [1.82, 2.24) is 9.21 Å². The molecule has 0 aromatic heterocycles. The topological polar surface area (TPSA) is 84.0 Å². The van der Waals surface area contributed by atoms with E-state index >= 15 is 0 Å². The van der Waals surface area contributed by atoms with E-state index in [-0.39, 0.29) is 36.4 Å². The van der Waals surface area contributed by atoms with Crippen LogP contribution in [-0.4, -0.2) is 62.3 Å². The van der Waals surface area contributed by atoms with Gasteiger partial charge in [0, 0.05) is 32.1 Å². The number of carbonyl (C=O) groups excluding carboxylic acids is 2. The highest BCUT2D eigenvalue weighted by molar-refractivity contribution is 7.89.